The lowest BCUT2D eigenvalue weighted by molar-refractivity contribution is -0.136. The molecule has 134 valence electrons. The lowest BCUT2D eigenvalue weighted by atomic mass is 9.80. The molecular formula is C18H21NO5S. The number of carbonyl (C=O) groups is 1. The first-order chi connectivity index (χ1) is 11.8. The maximum atomic E-state index is 12.9. The standard InChI is InChI=1S/C18H21NO5S/c1-12-3-6-14(7-4-12)25(22,23)19-10-9-13-5-8-16(20)17(15(13)11-19)18(21)24-2/h3-4,6-7,11,13,20H,5,8-10H2,1-2H3. The number of carbonyl (C=O) groups excluding carboxylic acids is 1. The van der Waals surface area contributed by atoms with E-state index in [2.05, 4.69) is 0 Å². The Bertz CT molecular complexity index is 852. The van der Waals surface area contributed by atoms with Crippen LogP contribution in [-0.4, -0.2) is 37.5 Å². The summed E-state index contributed by atoms with van der Waals surface area (Å²) in [6.45, 7) is 2.24. The van der Waals surface area contributed by atoms with E-state index in [0.717, 1.165) is 5.56 Å². The van der Waals surface area contributed by atoms with Crippen LogP contribution in [0.15, 0.2) is 52.3 Å². The van der Waals surface area contributed by atoms with Gasteiger partial charge in [-0.15, -0.1) is 0 Å². The Hall–Kier alpha value is -2.28. The molecule has 2 aliphatic rings. The number of ether oxygens (including phenoxy) is 1. The van der Waals surface area contributed by atoms with E-state index in [9.17, 15) is 18.3 Å². The molecule has 0 saturated heterocycles. The summed E-state index contributed by atoms with van der Waals surface area (Å²) in [6.07, 6.45) is 3.17. The maximum Gasteiger partial charge on any atom is 0.341 e. The average Bonchev–Trinajstić information content (AvgIpc) is 2.61. The molecule has 3 rings (SSSR count). The van der Waals surface area contributed by atoms with Gasteiger partial charge in [0.1, 0.15) is 11.3 Å². The predicted molar refractivity (Wildman–Crippen MR) is 92.2 cm³/mol. The lowest BCUT2D eigenvalue weighted by Gasteiger charge is -2.34. The Kier molecular flexibility index (Phi) is 4.60. The Morgan fingerprint density at radius 2 is 1.92 bits per heavy atom. The van der Waals surface area contributed by atoms with E-state index < -0.39 is 16.0 Å². The molecule has 1 atom stereocenters. The van der Waals surface area contributed by atoms with Crippen molar-refractivity contribution in [2.24, 2.45) is 5.92 Å². The number of hydrogen-bond donors (Lipinski definition) is 1. The van der Waals surface area contributed by atoms with Gasteiger partial charge in [0.2, 0.25) is 0 Å². The fraction of sp³-hybridized carbons (Fsp3) is 0.389. The van der Waals surface area contributed by atoms with Crippen LogP contribution in [0.1, 0.15) is 24.8 Å². The smallest absolute Gasteiger partial charge is 0.341 e. The van der Waals surface area contributed by atoms with E-state index in [0.29, 0.717) is 31.4 Å². The van der Waals surface area contributed by atoms with Crippen molar-refractivity contribution < 1.29 is 23.1 Å². The maximum absolute atomic E-state index is 12.9. The molecule has 1 heterocycles. The van der Waals surface area contributed by atoms with E-state index >= 15 is 0 Å². The van der Waals surface area contributed by atoms with E-state index in [1.165, 1.54) is 17.6 Å². The van der Waals surface area contributed by atoms with Gasteiger partial charge in [0.25, 0.3) is 10.0 Å². The Morgan fingerprint density at radius 3 is 2.56 bits per heavy atom. The number of aliphatic hydroxyl groups excluding tert-OH is 1. The van der Waals surface area contributed by atoms with E-state index in [-0.39, 0.29) is 22.1 Å². The first-order valence-electron chi connectivity index (χ1n) is 8.15. The summed E-state index contributed by atoms with van der Waals surface area (Å²) >= 11 is 0. The minimum Gasteiger partial charge on any atom is -0.511 e. The highest BCUT2D eigenvalue weighted by Crippen LogP contribution is 2.39. The SMILES string of the molecule is COC(=O)C1=C(O)CCC2CCN(S(=O)(=O)c3ccc(C)cc3)C=C12. The number of aliphatic hydroxyl groups is 1. The van der Waals surface area contributed by atoms with Crippen LogP contribution in [0, 0.1) is 12.8 Å². The minimum atomic E-state index is -3.70. The molecule has 1 N–H and O–H groups in total. The van der Waals surface area contributed by atoms with Gasteiger partial charge in [0.15, 0.2) is 0 Å². The summed E-state index contributed by atoms with van der Waals surface area (Å²) in [7, 11) is -2.46. The molecule has 1 aliphatic heterocycles. The Balaban J connectivity index is 2.02. The topological polar surface area (TPSA) is 83.9 Å². The Labute approximate surface area is 147 Å². The lowest BCUT2D eigenvalue weighted by Crippen LogP contribution is -2.35. The summed E-state index contributed by atoms with van der Waals surface area (Å²) in [5, 5.41) is 10.1. The van der Waals surface area contributed by atoms with Gasteiger partial charge < -0.3 is 9.84 Å². The van der Waals surface area contributed by atoms with Gasteiger partial charge in [-0.1, -0.05) is 17.7 Å². The highest BCUT2D eigenvalue weighted by molar-refractivity contribution is 7.89. The van der Waals surface area contributed by atoms with Crippen molar-refractivity contribution >= 4 is 16.0 Å². The summed E-state index contributed by atoms with van der Waals surface area (Å²) in [5.74, 6) is -0.624. The molecule has 1 aliphatic carbocycles. The quantitative estimate of drug-likeness (QED) is 0.835. The van der Waals surface area contributed by atoms with Crippen LogP contribution in [0.25, 0.3) is 0 Å². The fourth-order valence-corrected chi connectivity index (χ4v) is 4.66. The molecule has 1 aromatic rings. The van der Waals surface area contributed by atoms with Gasteiger partial charge in [-0.05, 0) is 43.4 Å². The molecule has 1 unspecified atom stereocenters. The third kappa shape index (κ3) is 3.16. The molecule has 1 aromatic carbocycles. The molecule has 0 amide bonds. The summed E-state index contributed by atoms with van der Waals surface area (Å²) in [6, 6.07) is 6.65. The number of aryl methyl sites for hydroxylation is 1. The zero-order valence-corrected chi connectivity index (χ0v) is 15.0. The first kappa shape index (κ1) is 17.5. The van der Waals surface area contributed by atoms with E-state index in [1.807, 2.05) is 6.92 Å². The fourth-order valence-electron chi connectivity index (χ4n) is 3.31. The number of hydrogen-bond acceptors (Lipinski definition) is 5. The van der Waals surface area contributed by atoms with E-state index in [4.69, 9.17) is 4.74 Å². The highest BCUT2D eigenvalue weighted by Gasteiger charge is 2.36. The molecule has 0 aromatic heterocycles. The molecule has 6 nitrogen and oxygen atoms in total. The number of nitrogens with zero attached hydrogens (tertiary/aromatic N) is 1. The monoisotopic (exact) mass is 363 g/mol. The molecule has 25 heavy (non-hydrogen) atoms. The molecule has 0 fully saturated rings. The van der Waals surface area contributed by atoms with Gasteiger partial charge in [0, 0.05) is 19.2 Å². The molecule has 0 radical (unpaired) electrons. The summed E-state index contributed by atoms with van der Waals surface area (Å²) in [4.78, 5) is 12.3. The number of sulfonamides is 1. The van der Waals surface area contributed by atoms with Crippen molar-refractivity contribution in [1.82, 2.24) is 4.31 Å². The molecule has 0 bridgehead atoms. The summed E-state index contributed by atoms with van der Waals surface area (Å²) in [5.41, 5.74) is 1.62. The van der Waals surface area contributed by atoms with Crippen LogP contribution in [0.5, 0.6) is 0 Å². The van der Waals surface area contributed by atoms with Gasteiger partial charge in [-0.25, -0.2) is 13.2 Å². The van der Waals surface area contributed by atoms with Crippen LogP contribution in [0.2, 0.25) is 0 Å². The third-order valence-electron chi connectivity index (χ3n) is 4.74. The molecular weight excluding hydrogens is 342 g/mol. The number of fused-ring (bicyclic) bond motifs is 1. The van der Waals surface area contributed by atoms with Crippen LogP contribution >= 0.6 is 0 Å². The minimum absolute atomic E-state index is 0.0380. The van der Waals surface area contributed by atoms with Crippen LogP contribution in [0.4, 0.5) is 0 Å². The van der Waals surface area contributed by atoms with Gasteiger partial charge >= 0.3 is 5.97 Å². The molecule has 0 spiro atoms. The second kappa shape index (κ2) is 6.55. The van der Waals surface area contributed by atoms with Crippen LogP contribution in [-0.2, 0) is 19.6 Å². The van der Waals surface area contributed by atoms with Crippen molar-refractivity contribution in [2.75, 3.05) is 13.7 Å². The largest absolute Gasteiger partial charge is 0.511 e. The molecule has 0 saturated carbocycles. The van der Waals surface area contributed by atoms with Gasteiger partial charge in [-0.3, -0.25) is 4.31 Å². The van der Waals surface area contributed by atoms with Gasteiger partial charge in [-0.2, -0.15) is 0 Å². The summed E-state index contributed by atoms with van der Waals surface area (Å²) < 4.78 is 31.8. The van der Waals surface area contributed by atoms with Crippen molar-refractivity contribution in [2.45, 2.75) is 31.1 Å². The Morgan fingerprint density at radius 1 is 1.24 bits per heavy atom. The number of allylic oxidation sites excluding steroid dienone is 1. The van der Waals surface area contributed by atoms with E-state index in [1.54, 1.807) is 24.3 Å². The van der Waals surface area contributed by atoms with Crippen molar-refractivity contribution in [3.8, 4) is 0 Å². The average molecular weight is 363 g/mol. The number of benzene rings is 1. The number of rotatable bonds is 3. The normalized spacial score (nSPS) is 20.8. The second-order valence-corrected chi connectivity index (χ2v) is 8.24. The first-order valence-corrected chi connectivity index (χ1v) is 9.59. The zero-order valence-electron chi connectivity index (χ0n) is 14.2. The van der Waals surface area contributed by atoms with Crippen LogP contribution in [0.3, 0.4) is 0 Å². The molecule has 7 heteroatoms. The second-order valence-electron chi connectivity index (χ2n) is 6.35. The van der Waals surface area contributed by atoms with Crippen molar-refractivity contribution in [1.29, 1.82) is 0 Å². The number of methoxy groups -OCH3 is 1. The third-order valence-corrected chi connectivity index (χ3v) is 6.52. The zero-order chi connectivity index (χ0) is 18.2. The predicted octanol–water partition coefficient (Wildman–Crippen LogP) is 2.67. The van der Waals surface area contributed by atoms with Crippen molar-refractivity contribution in [3.63, 3.8) is 0 Å². The van der Waals surface area contributed by atoms with Crippen molar-refractivity contribution in [3.05, 3.63) is 52.9 Å². The highest BCUT2D eigenvalue weighted by atomic mass is 32.2. The number of esters is 1. The van der Waals surface area contributed by atoms with Gasteiger partial charge in [0.05, 0.1) is 12.0 Å². The van der Waals surface area contributed by atoms with Crippen LogP contribution < -0.4 is 0 Å².